The first-order valence-electron chi connectivity index (χ1n) is 4.04. The molecule has 0 radical (unpaired) electrons. The quantitative estimate of drug-likeness (QED) is 0.613. The molecule has 2 nitrogen and oxygen atoms in total. The molecule has 1 heterocycles. The third-order valence-electron chi connectivity index (χ3n) is 1.74. The fraction of sp³-hybridized carbons (Fsp3) is 0.750. The average Bonchev–Trinajstić information content (AvgIpc) is 1.85. The van der Waals surface area contributed by atoms with Crippen LogP contribution >= 0.6 is 7.14 Å². The lowest BCUT2D eigenvalue weighted by molar-refractivity contribution is 0.585. The van der Waals surface area contributed by atoms with E-state index in [1.807, 2.05) is 19.1 Å². The molecule has 0 atom stereocenters. The van der Waals surface area contributed by atoms with Crippen LogP contribution in [0.15, 0.2) is 11.4 Å². The molecule has 1 fully saturated rings. The number of piperidine rings is 1. The Morgan fingerprint density at radius 2 is 1.91 bits per heavy atom. The highest BCUT2D eigenvalue weighted by molar-refractivity contribution is 7.65. The molecule has 64 valence electrons. The van der Waals surface area contributed by atoms with Crippen molar-refractivity contribution in [3.63, 3.8) is 0 Å². The third-order valence-corrected chi connectivity index (χ3v) is 2.73. The van der Waals surface area contributed by atoms with Gasteiger partial charge in [0.2, 0.25) is 0 Å². The molecule has 1 aliphatic rings. The van der Waals surface area contributed by atoms with Crippen LogP contribution in [-0.4, -0.2) is 26.4 Å². The molecule has 1 saturated heterocycles. The highest BCUT2D eigenvalue weighted by atomic mass is 31.2. The van der Waals surface area contributed by atoms with Crippen molar-refractivity contribution in [2.75, 3.05) is 26.4 Å². The maximum absolute atomic E-state index is 11.4. The molecule has 11 heavy (non-hydrogen) atoms. The summed E-state index contributed by atoms with van der Waals surface area (Å²) in [6, 6.07) is 0. The number of nitrogens with one attached hydrogen (secondary N) is 1. The first-order valence-corrected chi connectivity index (χ1v) is 6.71. The smallest absolute Gasteiger partial charge is 0.102 e. The van der Waals surface area contributed by atoms with Gasteiger partial charge < -0.3 is 9.88 Å². The van der Waals surface area contributed by atoms with Gasteiger partial charge in [-0.15, -0.1) is 0 Å². The number of hydrogen-bond acceptors (Lipinski definition) is 2. The maximum Gasteiger partial charge on any atom is 0.102 e. The number of rotatable bonds is 1. The molecule has 0 aliphatic carbocycles. The summed E-state index contributed by atoms with van der Waals surface area (Å²) in [7, 11) is -1.92. The van der Waals surface area contributed by atoms with E-state index in [9.17, 15) is 4.57 Å². The summed E-state index contributed by atoms with van der Waals surface area (Å²) in [5.74, 6) is 1.98. The van der Waals surface area contributed by atoms with E-state index >= 15 is 0 Å². The predicted octanol–water partition coefficient (Wildman–Crippen LogP) is 1.88. The topological polar surface area (TPSA) is 29.1 Å². The zero-order valence-corrected chi connectivity index (χ0v) is 8.16. The van der Waals surface area contributed by atoms with Crippen LogP contribution in [0.4, 0.5) is 0 Å². The minimum absolute atomic E-state index is 1.05. The van der Waals surface area contributed by atoms with Gasteiger partial charge in [-0.1, -0.05) is 5.57 Å². The molecule has 0 amide bonds. The van der Waals surface area contributed by atoms with E-state index in [1.54, 1.807) is 0 Å². The lowest BCUT2D eigenvalue weighted by atomic mass is 10.1. The summed E-state index contributed by atoms with van der Waals surface area (Å²) < 4.78 is 11.4. The zero-order valence-electron chi connectivity index (χ0n) is 7.26. The summed E-state index contributed by atoms with van der Waals surface area (Å²) in [5.41, 5.74) is 1.37. The van der Waals surface area contributed by atoms with E-state index in [1.165, 1.54) is 5.57 Å². The fourth-order valence-electron chi connectivity index (χ4n) is 1.32. The van der Waals surface area contributed by atoms with Crippen LogP contribution < -0.4 is 5.32 Å². The molecular weight excluding hydrogens is 157 g/mol. The van der Waals surface area contributed by atoms with Crippen LogP contribution in [0.5, 0.6) is 0 Å². The molecule has 1 aliphatic heterocycles. The van der Waals surface area contributed by atoms with Gasteiger partial charge in [0, 0.05) is 0 Å². The van der Waals surface area contributed by atoms with Gasteiger partial charge in [-0.3, -0.25) is 0 Å². The van der Waals surface area contributed by atoms with E-state index in [-0.39, 0.29) is 0 Å². The third kappa shape index (κ3) is 3.74. The van der Waals surface area contributed by atoms with E-state index in [2.05, 4.69) is 5.32 Å². The summed E-state index contributed by atoms with van der Waals surface area (Å²) in [4.78, 5) is 0. The molecule has 1 rings (SSSR count). The second-order valence-electron chi connectivity index (χ2n) is 3.47. The van der Waals surface area contributed by atoms with Crippen LogP contribution in [0.3, 0.4) is 0 Å². The van der Waals surface area contributed by atoms with Crippen molar-refractivity contribution in [3.05, 3.63) is 11.4 Å². The second-order valence-corrected chi connectivity index (χ2v) is 6.60. The van der Waals surface area contributed by atoms with Gasteiger partial charge in [0.25, 0.3) is 0 Å². The Kier molecular flexibility index (Phi) is 2.91. The average molecular weight is 173 g/mol. The Morgan fingerprint density at radius 1 is 1.36 bits per heavy atom. The van der Waals surface area contributed by atoms with Gasteiger partial charge in [0.1, 0.15) is 7.14 Å². The Balaban J connectivity index is 2.58. The van der Waals surface area contributed by atoms with Crippen molar-refractivity contribution < 1.29 is 4.57 Å². The molecule has 1 N–H and O–H groups in total. The zero-order chi connectivity index (χ0) is 8.32. The van der Waals surface area contributed by atoms with E-state index in [0.29, 0.717) is 0 Å². The Bertz CT molecular complexity index is 196. The highest BCUT2D eigenvalue weighted by Crippen LogP contribution is 2.40. The summed E-state index contributed by atoms with van der Waals surface area (Å²) in [6.07, 6.45) is 2.15. The molecule has 0 unspecified atom stereocenters. The molecule has 0 bridgehead atoms. The van der Waals surface area contributed by atoms with Gasteiger partial charge in [0.05, 0.1) is 0 Å². The van der Waals surface area contributed by atoms with Crippen LogP contribution in [0.25, 0.3) is 0 Å². The number of hydrogen-bond donors (Lipinski definition) is 1. The normalized spacial score (nSPS) is 20.0. The van der Waals surface area contributed by atoms with Crippen LogP contribution in [0, 0.1) is 0 Å². The largest absolute Gasteiger partial charge is 0.320 e. The summed E-state index contributed by atoms with van der Waals surface area (Å²) >= 11 is 0. The van der Waals surface area contributed by atoms with Crippen molar-refractivity contribution in [2.24, 2.45) is 0 Å². The predicted molar refractivity (Wildman–Crippen MR) is 49.6 cm³/mol. The van der Waals surface area contributed by atoms with Crippen molar-refractivity contribution in [2.45, 2.75) is 12.8 Å². The van der Waals surface area contributed by atoms with E-state index in [0.717, 1.165) is 25.9 Å². The lowest BCUT2D eigenvalue weighted by Crippen LogP contribution is -2.22. The Labute approximate surface area is 68.4 Å². The summed E-state index contributed by atoms with van der Waals surface area (Å²) in [5, 5.41) is 3.27. The van der Waals surface area contributed by atoms with E-state index < -0.39 is 7.14 Å². The monoisotopic (exact) mass is 173 g/mol. The molecule has 0 saturated carbocycles. The van der Waals surface area contributed by atoms with Crippen LogP contribution in [0.2, 0.25) is 0 Å². The van der Waals surface area contributed by atoms with Crippen molar-refractivity contribution in [1.29, 1.82) is 0 Å². The Morgan fingerprint density at radius 3 is 2.36 bits per heavy atom. The van der Waals surface area contributed by atoms with Crippen molar-refractivity contribution in [3.8, 4) is 0 Å². The lowest BCUT2D eigenvalue weighted by Gasteiger charge is -2.15. The van der Waals surface area contributed by atoms with Crippen LogP contribution in [-0.2, 0) is 4.57 Å². The minimum Gasteiger partial charge on any atom is -0.320 e. The molecule has 0 aromatic heterocycles. The van der Waals surface area contributed by atoms with Gasteiger partial charge in [0.15, 0.2) is 0 Å². The summed E-state index contributed by atoms with van der Waals surface area (Å²) in [6.45, 7) is 5.74. The van der Waals surface area contributed by atoms with Crippen molar-refractivity contribution >= 4 is 7.14 Å². The SMILES string of the molecule is CP(C)(=O)C=C1CCNCC1. The van der Waals surface area contributed by atoms with Gasteiger partial charge in [-0.05, 0) is 45.1 Å². The second kappa shape index (κ2) is 3.55. The Hall–Kier alpha value is -0.0700. The van der Waals surface area contributed by atoms with E-state index in [4.69, 9.17) is 0 Å². The molecule has 0 aromatic rings. The van der Waals surface area contributed by atoms with Crippen molar-refractivity contribution in [1.82, 2.24) is 5.32 Å². The van der Waals surface area contributed by atoms with Gasteiger partial charge >= 0.3 is 0 Å². The standard InChI is InChI=1S/C8H16NOP/c1-11(2,10)7-8-3-5-9-6-4-8/h7,9H,3-6H2,1-2H3. The maximum atomic E-state index is 11.4. The van der Waals surface area contributed by atoms with Gasteiger partial charge in [-0.25, -0.2) is 0 Å². The minimum atomic E-state index is -1.92. The first kappa shape index (κ1) is 9.02. The molecular formula is C8H16NOP. The first-order chi connectivity index (χ1) is 5.08. The fourth-order valence-corrected chi connectivity index (χ4v) is 2.45. The molecule has 0 spiro atoms. The van der Waals surface area contributed by atoms with Gasteiger partial charge in [-0.2, -0.15) is 0 Å². The molecule has 0 aromatic carbocycles. The molecule has 3 heteroatoms. The van der Waals surface area contributed by atoms with Crippen LogP contribution in [0.1, 0.15) is 12.8 Å². The highest BCUT2D eigenvalue weighted by Gasteiger charge is 2.08.